The van der Waals surface area contributed by atoms with E-state index in [0.717, 1.165) is 25.9 Å². The van der Waals surface area contributed by atoms with Crippen molar-refractivity contribution in [3.05, 3.63) is 36.0 Å². The van der Waals surface area contributed by atoms with Crippen LogP contribution in [0.15, 0.2) is 35.4 Å². The number of nitrogens with zero attached hydrogens (tertiary/aromatic N) is 4. The lowest BCUT2D eigenvalue weighted by Crippen LogP contribution is -2.31. The molecule has 0 atom stereocenters. The number of primary sulfonamides is 1. The number of nitrogens with one attached hydrogen (secondary N) is 1. The average Bonchev–Trinajstić information content (AvgIpc) is 2.62. The molecule has 0 spiro atoms. The zero-order valence-electron chi connectivity index (χ0n) is 13.5. The molecule has 2 aromatic rings. The van der Waals surface area contributed by atoms with Crippen molar-refractivity contribution in [2.45, 2.75) is 24.2 Å². The van der Waals surface area contributed by atoms with Crippen LogP contribution in [-0.4, -0.2) is 31.5 Å². The lowest BCUT2D eigenvalue weighted by molar-refractivity contribution is 0.573. The second-order valence-corrected chi connectivity index (χ2v) is 7.35. The number of rotatable bonds is 4. The van der Waals surface area contributed by atoms with Crippen LogP contribution in [0.1, 0.15) is 24.8 Å². The maximum Gasteiger partial charge on any atom is 0.238 e. The zero-order valence-corrected chi connectivity index (χ0v) is 14.3. The number of nitrogens with two attached hydrogens (primary N) is 1. The maximum absolute atomic E-state index is 11.3. The van der Waals surface area contributed by atoms with E-state index in [0.29, 0.717) is 23.0 Å². The number of anilines is 3. The second kappa shape index (κ2) is 7.04. The van der Waals surface area contributed by atoms with Crippen LogP contribution in [0.3, 0.4) is 0 Å². The van der Waals surface area contributed by atoms with Crippen molar-refractivity contribution in [1.29, 1.82) is 5.26 Å². The topological polar surface area (TPSA) is 125 Å². The van der Waals surface area contributed by atoms with Gasteiger partial charge in [-0.15, -0.1) is 0 Å². The van der Waals surface area contributed by atoms with Gasteiger partial charge in [-0.1, -0.05) is 0 Å². The summed E-state index contributed by atoms with van der Waals surface area (Å²) in [4.78, 5) is 10.8. The van der Waals surface area contributed by atoms with E-state index in [1.807, 2.05) is 0 Å². The Bertz CT molecular complexity index is 899. The van der Waals surface area contributed by atoms with E-state index in [2.05, 4.69) is 26.3 Å². The van der Waals surface area contributed by atoms with Crippen LogP contribution in [0.2, 0.25) is 0 Å². The molecule has 1 aromatic heterocycles. The predicted molar refractivity (Wildman–Crippen MR) is 93.9 cm³/mol. The molecule has 0 unspecified atom stereocenters. The smallest absolute Gasteiger partial charge is 0.238 e. The lowest BCUT2D eigenvalue weighted by atomic mass is 10.1. The summed E-state index contributed by atoms with van der Waals surface area (Å²) < 4.78 is 22.6. The normalized spacial score (nSPS) is 14.8. The highest BCUT2D eigenvalue weighted by Gasteiger charge is 2.17. The van der Waals surface area contributed by atoms with E-state index < -0.39 is 10.0 Å². The number of benzene rings is 1. The van der Waals surface area contributed by atoms with Gasteiger partial charge in [0.25, 0.3) is 0 Å². The Morgan fingerprint density at radius 2 is 1.84 bits per heavy atom. The molecule has 0 amide bonds. The van der Waals surface area contributed by atoms with Crippen LogP contribution in [0.4, 0.5) is 17.5 Å². The summed E-state index contributed by atoms with van der Waals surface area (Å²) in [5, 5.41) is 17.4. The van der Waals surface area contributed by atoms with E-state index >= 15 is 0 Å². The third-order valence-electron chi connectivity index (χ3n) is 3.98. The summed E-state index contributed by atoms with van der Waals surface area (Å²) in [5.74, 6) is 0.976. The van der Waals surface area contributed by atoms with Crippen LogP contribution in [0, 0.1) is 11.3 Å². The van der Waals surface area contributed by atoms with E-state index in [1.165, 1.54) is 24.8 Å². The molecule has 0 bridgehead atoms. The van der Waals surface area contributed by atoms with Crippen LogP contribution >= 0.6 is 0 Å². The standard InChI is InChI=1S/C16H18N6O2S/c17-10-12-11-19-16(21-15(12)22-8-2-1-3-9-22)20-13-4-6-14(7-5-13)25(18,23)24/h4-7,11H,1-3,8-9H2,(H2,18,23,24)(H,19,20,21). The number of hydrogen-bond acceptors (Lipinski definition) is 7. The van der Waals surface area contributed by atoms with Crippen molar-refractivity contribution in [3.63, 3.8) is 0 Å². The molecule has 8 nitrogen and oxygen atoms in total. The van der Waals surface area contributed by atoms with Gasteiger partial charge in [0.15, 0.2) is 5.82 Å². The zero-order chi connectivity index (χ0) is 17.9. The first-order chi connectivity index (χ1) is 12.0. The number of hydrogen-bond donors (Lipinski definition) is 2. The Morgan fingerprint density at radius 1 is 1.16 bits per heavy atom. The molecule has 1 fully saturated rings. The van der Waals surface area contributed by atoms with Crippen molar-refractivity contribution >= 4 is 27.5 Å². The van der Waals surface area contributed by atoms with Gasteiger partial charge in [-0.05, 0) is 43.5 Å². The molecular formula is C16H18N6O2S. The first-order valence-electron chi connectivity index (χ1n) is 7.89. The Balaban J connectivity index is 1.84. The van der Waals surface area contributed by atoms with Gasteiger partial charge in [-0.2, -0.15) is 10.2 Å². The summed E-state index contributed by atoms with van der Waals surface area (Å²) in [6.07, 6.45) is 4.84. The van der Waals surface area contributed by atoms with E-state index in [4.69, 9.17) is 5.14 Å². The van der Waals surface area contributed by atoms with Crippen LogP contribution < -0.4 is 15.4 Å². The van der Waals surface area contributed by atoms with Crippen LogP contribution in [0.5, 0.6) is 0 Å². The molecule has 3 N–H and O–H groups in total. The maximum atomic E-state index is 11.3. The number of piperidine rings is 1. The Kier molecular flexibility index (Phi) is 4.83. The molecule has 0 radical (unpaired) electrons. The molecule has 1 aromatic carbocycles. The van der Waals surface area contributed by atoms with E-state index in [1.54, 1.807) is 12.1 Å². The van der Waals surface area contributed by atoms with Gasteiger partial charge in [0.1, 0.15) is 11.6 Å². The van der Waals surface area contributed by atoms with Crippen LogP contribution in [0.25, 0.3) is 0 Å². The highest BCUT2D eigenvalue weighted by Crippen LogP contribution is 2.24. The van der Waals surface area contributed by atoms with E-state index in [9.17, 15) is 13.7 Å². The average molecular weight is 358 g/mol. The third-order valence-corrected chi connectivity index (χ3v) is 4.91. The van der Waals surface area contributed by atoms with Crippen molar-refractivity contribution in [3.8, 4) is 6.07 Å². The molecule has 25 heavy (non-hydrogen) atoms. The van der Waals surface area contributed by atoms with Crippen molar-refractivity contribution in [1.82, 2.24) is 9.97 Å². The largest absolute Gasteiger partial charge is 0.355 e. The predicted octanol–water partition coefficient (Wildman–Crippen LogP) is 1.73. The summed E-state index contributed by atoms with van der Waals surface area (Å²) >= 11 is 0. The molecule has 3 rings (SSSR count). The van der Waals surface area contributed by atoms with Gasteiger partial charge >= 0.3 is 0 Å². The van der Waals surface area contributed by atoms with Crippen molar-refractivity contribution < 1.29 is 8.42 Å². The minimum Gasteiger partial charge on any atom is -0.355 e. The van der Waals surface area contributed by atoms with Gasteiger partial charge in [-0.3, -0.25) is 0 Å². The molecule has 0 aliphatic carbocycles. The SMILES string of the molecule is N#Cc1cnc(Nc2ccc(S(N)(=O)=O)cc2)nc1N1CCCCC1. The summed E-state index contributed by atoms with van der Waals surface area (Å²) in [7, 11) is -3.72. The fourth-order valence-electron chi connectivity index (χ4n) is 2.72. The monoisotopic (exact) mass is 358 g/mol. The Labute approximate surface area is 146 Å². The van der Waals surface area contributed by atoms with Gasteiger partial charge < -0.3 is 10.2 Å². The summed E-state index contributed by atoms with van der Waals surface area (Å²) in [6.45, 7) is 1.74. The second-order valence-electron chi connectivity index (χ2n) is 5.78. The molecule has 1 aliphatic heterocycles. The van der Waals surface area contributed by atoms with Crippen molar-refractivity contribution in [2.75, 3.05) is 23.3 Å². The Morgan fingerprint density at radius 3 is 2.44 bits per heavy atom. The molecule has 1 saturated heterocycles. The number of aromatic nitrogens is 2. The fraction of sp³-hybridized carbons (Fsp3) is 0.312. The van der Waals surface area contributed by atoms with Gasteiger partial charge in [0, 0.05) is 18.8 Å². The Hall–Kier alpha value is -2.70. The minimum absolute atomic E-state index is 0.0350. The fourth-order valence-corrected chi connectivity index (χ4v) is 3.23. The van der Waals surface area contributed by atoms with Gasteiger partial charge in [-0.25, -0.2) is 18.5 Å². The van der Waals surface area contributed by atoms with Gasteiger partial charge in [0.05, 0.1) is 11.1 Å². The minimum atomic E-state index is -3.72. The summed E-state index contributed by atoms with van der Waals surface area (Å²) in [5.41, 5.74) is 1.07. The first kappa shape index (κ1) is 17.1. The van der Waals surface area contributed by atoms with Crippen LogP contribution in [-0.2, 0) is 10.0 Å². The highest BCUT2D eigenvalue weighted by atomic mass is 32.2. The van der Waals surface area contributed by atoms with E-state index in [-0.39, 0.29) is 4.90 Å². The third kappa shape index (κ3) is 4.04. The molecule has 9 heteroatoms. The van der Waals surface area contributed by atoms with Gasteiger partial charge in [0.2, 0.25) is 16.0 Å². The molecule has 130 valence electrons. The number of sulfonamides is 1. The molecular weight excluding hydrogens is 340 g/mol. The molecule has 0 saturated carbocycles. The molecule has 1 aliphatic rings. The van der Waals surface area contributed by atoms with Crippen molar-refractivity contribution in [2.24, 2.45) is 5.14 Å². The quantitative estimate of drug-likeness (QED) is 0.852. The molecule has 2 heterocycles. The highest BCUT2D eigenvalue weighted by molar-refractivity contribution is 7.89. The number of nitriles is 1. The first-order valence-corrected chi connectivity index (χ1v) is 9.44. The summed E-state index contributed by atoms with van der Waals surface area (Å²) in [6, 6.07) is 8.12. The lowest BCUT2D eigenvalue weighted by Gasteiger charge is -2.28.